The molecule has 0 fully saturated rings. The Hall–Kier alpha value is -3.54. The van der Waals surface area contributed by atoms with Crippen LogP contribution >= 0.6 is 0 Å². The Morgan fingerprint density at radius 2 is 1.76 bits per heavy atom. The van der Waals surface area contributed by atoms with E-state index in [1.807, 2.05) is 30.3 Å². The minimum atomic E-state index is 0.0618. The second-order valence-corrected chi connectivity index (χ2v) is 5.56. The van der Waals surface area contributed by atoms with Gasteiger partial charge in [-0.25, -0.2) is 9.50 Å². The first-order valence-corrected chi connectivity index (χ1v) is 7.67. The van der Waals surface area contributed by atoms with Crippen molar-refractivity contribution in [1.29, 1.82) is 0 Å². The van der Waals surface area contributed by atoms with Crippen LogP contribution in [0.2, 0.25) is 0 Å². The quantitative estimate of drug-likeness (QED) is 0.561. The third-order valence-electron chi connectivity index (χ3n) is 4.00. The second kappa shape index (κ2) is 5.83. The van der Waals surface area contributed by atoms with Crippen LogP contribution in [-0.2, 0) is 0 Å². The lowest BCUT2D eigenvalue weighted by molar-refractivity contribution is 0.415. The molecule has 0 aliphatic rings. The first-order valence-electron chi connectivity index (χ1n) is 7.67. The van der Waals surface area contributed by atoms with Gasteiger partial charge in [-0.05, 0) is 48.5 Å². The van der Waals surface area contributed by atoms with Crippen molar-refractivity contribution in [3.05, 3.63) is 60.8 Å². The van der Waals surface area contributed by atoms with Crippen molar-refractivity contribution in [3.63, 3.8) is 0 Å². The van der Waals surface area contributed by atoms with Gasteiger partial charge in [-0.2, -0.15) is 5.10 Å². The van der Waals surface area contributed by atoms with Gasteiger partial charge in [-0.15, -0.1) is 0 Å². The monoisotopic (exact) mass is 333 g/mol. The predicted octanol–water partition coefficient (Wildman–Crippen LogP) is 3.48. The van der Waals surface area contributed by atoms with E-state index in [-0.39, 0.29) is 11.5 Å². The smallest absolute Gasteiger partial charge is 0.156 e. The molecule has 0 aliphatic heterocycles. The Kier molecular flexibility index (Phi) is 3.50. The van der Waals surface area contributed by atoms with Crippen molar-refractivity contribution in [2.24, 2.45) is 0 Å². The Morgan fingerprint density at radius 1 is 0.960 bits per heavy atom. The number of phenols is 2. The highest BCUT2D eigenvalue weighted by Gasteiger charge is 2.13. The van der Waals surface area contributed by atoms with Crippen molar-refractivity contribution >= 4 is 5.65 Å². The van der Waals surface area contributed by atoms with Crippen molar-refractivity contribution in [3.8, 4) is 39.8 Å². The van der Waals surface area contributed by atoms with Crippen LogP contribution in [0.3, 0.4) is 0 Å². The van der Waals surface area contributed by atoms with E-state index in [0.29, 0.717) is 16.9 Å². The fraction of sp³-hybridized carbons (Fsp3) is 0.0526. The van der Waals surface area contributed by atoms with Crippen LogP contribution in [0.5, 0.6) is 17.2 Å². The molecule has 0 saturated heterocycles. The van der Waals surface area contributed by atoms with Gasteiger partial charge in [0.1, 0.15) is 17.2 Å². The van der Waals surface area contributed by atoms with Gasteiger partial charge in [0.15, 0.2) is 5.65 Å². The number of ether oxygens (including phenoxy) is 1. The first-order chi connectivity index (χ1) is 12.2. The van der Waals surface area contributed by atoms with Crippen molar-refractivity contribution in [2.75, 3.05) is 7.11 Å². The van der Waals surface area contributed by atoms with Gasteiger partial charge < -0.3 is 14.9 Å². The molecule has 6 nitrogen and oxygen atoms in total. The molecular formula is C19H15N3O3. The average Bonchev–Trinajstić information content (AvgIpc) is 3.08. The summed E-state index contributed by atoms with van der Waals surface area (Å²) in [5, 5.41) is 24.5. The second-order valence-electron chi connectivity index (χ2n) is 5.56. The van der Waals surface area contributed by atoms with Gasteiger partial charge >= 0.3 is 0 Å². The summed E-state index contributed by atoms with van der Waals surface area (Å²) in [7, 11) is 1.62. The molecule has 0 amide bonds. The van der Waals surface area contributed by atoms with Gasteiger partial charge in [0.2, 0.25) is 0 Å². The molecule has 0 unspecified atom stereocenters. The average molecular weight is 333 g/mol. The summed E-state index contributed by atoms with van der Waals surface area (Å²) >= 11 is 0. The van der Waals surface area contributed by atoms with Crippen molar-refractivity contribution in [1.82, 2.24) is 14.6 Å². The van der Waals surface area contributed by atoms with Crippen LogP contribution in [0.25, 0.3) is 28.2 Å². The highest BCUT2D eigenvalue weighted by Crippen LogP contribution is 2.33. The van der Waals surface area contributed by atoms with E-state index >= 15 is 0 Å². The summed E-state index contributed by atoms with van der Waals surface area (Å²) in [4.78, 5) is 4.33. The zero-order chi connectivity index (χ0) is 17.4. The first kappa shape index (κ1) is 15.0. The third kappa shape index (κ3) is 2.63. The van der Waals surface area contributed by atoms with E-state index in [0.717, 1.165) is 17.0 Å². The maximum absolute atomic E-state index is 10.1. The molecule has 0 spiro atoms. The molecule has 0 aliphatic carbocycles. The number of aromatic nitrogens is 3. The highest BCUT2D eigenvalue weighted by molar-refractivity contribution is 5.72. The molecule has 0 atom stereocenters. The molecule has 2 aromatic heterocycles. The van der Waals surface area contributed by atoms with Crippen LogP contribution in [-0.4, -0.2) is 31.9 Å². The third-order valence-corrected chi connectivity index (χ3v) is 4.00. The summed E-state index contributed by atoms with van der Waals surface area (Å²) in [6.45, 7) is 0. The van der Waals surface area contributed by atoms with Crippen LogP contribution in [0, 0.1) is 0 Å². The molecule has 124 valence electrons. The molecule has 25 heavy (non-hydrogen) atoms. The number of hydrogen-bond acceptors (Lipinski definition) is 5. The predicted molar refractivity (Wildman–Crippen MR) is 93.7 cm³/mol. The van der Waals surface area contributed by atoms with Gasteiger partial charge in [-0.3, -0.25) is 0 Å². The van der Waals surface area contributed by atoms with Crippen LogP contribution < -0.4 is 4.74 Å². The van der Waals surface area contributed by atoms with E-state index in [1.54, 1.807) is 23.9 Å². The number of methoxy groups -OCH3 is 1. The lowest BCUT2D eigenvalue weighted by atomic mass is 10.1. The minimum absolute atomic E-state index is 0.0618. The minimum Gasteiger partial charge on any atom is -0.508 e. The van der Waals surface area contributed by atoms with Gasteiger partial charge in [0.05, 0.1) is 18.5 Å². The Bertz CT molecular complexity index is 1060. The molecule has 2 aromatic carbocycles. The number of rotatable bonds is 3. The van der Waals surface area contributed by atoms with E-state index in [4.69, 9.17) is 4.74 Å². The van der Waals surface area contributed by atoms with E-state index in [9.17, 15) is 10.2 Å². The zero-order valence-electron chi connectivity index (χ0n) is 13.4. The van der Waals surface area contributed by atoms with E-state index in [2.05, 4.69) is 10.1 Å². The zero-order valence-corrected chi connectivity index (χ0v) is 13.4. The lowest BCUT2D eigenvalue weighted by Crippen LogP contribution is -1.96. The molecule has 2 heterocycles. The Balaban J connectivity index is 1.87. The van der Waals surface area contributed by atoms with E-state index < -0.39 is 0 Å². The largest absolute Gasteiger partial charge is 0.508 e. The van der Waals surface area contributed by atoms with Gasteiger partial charge in [-0.1, -0.05) is 0 Å². The number of aromatic hydroxyl groups is 2. The molecule has 4 rings (SSSR count). The van der Waals surface area contributed by atoms with E-state index in [1.165, 1.54) is 18.2 Å². The Morgan fingerprint density at radius 3 is 2.52 bits per heavy atom. The van der Waals surface area contributed by atoms with Crippen LogP contribution in [0.4, 0.5) is 0 Å². The van der Waals surface area contributed by atoms with Crippen LogP contribution in [0.15, 0.2) is 60.8 Å². The SMILES string of the molecule is COc1ccc(-c2cc3nccc(-c4cc(O)ccc4O)n3n2)cc1. The molecule has 4 aromatic rings. The number of nitrogens with zero attached hydrogens (tertiary/aromatic N) is 3. The maximum Gasteiger partial charge on any atom is 0.156 e. The lowest BCUT2D eigenvalue weighted by Gasteiger charge is -2.07. The summed E-state index contributed by atoms with van der Waals surface area (Å²) in [5.41, 5.74) is 3.45. The van der Waals surface area contributed by atoms with Crippen molar-refractivity contribution < 1.29 is 14.9 Å². The standard InChI is InChI=1S/C19H15N3O3/c1-25-14-5-2-12(3-6-14)16-11-19-20-9-8-17(22(19)21-16)15-10-13(23)4-7-18(15)24/h2-11,23-24H,1H3. The topological polar surface area (TPSA) is 79.9 Å². The maximum atomic E-state index is 10.1. The number of fused-ring (bicyclic) bond motifs is 1. The summed E-state index contributed by atoms with van der Waals surface area (Å²) in [6.07, 6.45) is 1.65. The summed E-state index contributed by atoms with van der Waals surface area (Å²) < 4.78 is 6.82. The number of benzene rings is 2. The molecule has 2 N–H and O–H groups in total. The van der Waals surface area contributed by atoms with Crippen molar-refractivity contribution in [2.45, 2.75) is 0 Å². The summed E-state index contributed by atoms with van der Waals surface area (Å²) in [5.74, 6) is 0.906. The number of phenolic OH excluding ortho intramolecular Hbond substituents is 2. The molecular weight excluding hydrogens is 318 g/mol. The highest BCUT2D eigenvalue weighted by atomic mass is 16.5. The van der Waals surface area contributed by atoms with Gasteiger partial charge in [0, 0.05) is 23.4 Å². The molecule has 6 heteroatoms. The van der Waals surface area contributed by atoms with Crippen LogP contribution in [0.1, 0.15) is 0 Å². The molecule has 0 radical (unpaired) electrons. The fourth-order valence-corrected chi connectivity index (χ4v) is 2.73. The molecule has 0 bridgehead atoms. The summed E-state index contributed by atoms with van der Waals surface area (Å²) in [6, 6.07) is 15.6. The number of hydrogen-bond donors (Lipinski definition) is 2. The fourth-order valence-electron chi connectivity index (χ4n) is 2.73. The van der Waals surface area contributed by atoms with Gasteiger partial charge in [0.25, 0.3) is 0 Å². The molecule has 0 saturated carbocycles. The normalized spacial score (nSPS) is 10.9. The Labute approximate surface area is 143 Å².